The Morgan fingerprint density at radius 1 is 1.26 bits per heavy atom. The summed E-state index contributed by atoms with van der Waals surface area (Å²) in [5.74, 6) is 0. The third kappa shape index (κ3) is 2.47. The summed E-state index contributed by atoms with van der Waals surface area (Å²) >= 11 is 4.88. The number of nitrogens with two attached hydrogens (primary N) is 1. The zero-order chi connectivity index (χ0) is 13.4. The number of benzene rings is 1. The number of thiazole rings is 1. The summed E-state index contributed by atoms with van der Waals surface area (Å²) in [6, 6.07) is 3.76. The average molecular weight is 337 g/mol. The normalized spacial score (nSPS) is 11.6. The van der Waals surface area contributed by atoms with Gasteiger partial charge in [-0.1, -0.05) is 22.0 Å². The van der Waals surface area contributed by atoms with Crippen molar-refractivity contribution in [1.82, 2.24) is 15.0 Å². The van der Waals surface area contributed by atoms with E-state index in [1.807, 2.05) is 29.7 Å². The van der Waals surface area contributed by atoms with Crippen LogP contribution in [0.5, 0.6) is 0 Å². The lowest BCUT2D eigenvalue weighted by Gasteiger charge is -1.98. The number of fused-ring (bicyclic) bond motifs is 1. The summed E-state index contributed by atoms with van der Waals surface area (Å²) < 4.78 is 0.898. The lowest BCUT2D eigenvalue weighted by atomic mass is 10.2. The van der Waals surface area contributed by atoms with E-state index in [2.05, 4.69) is 30.9 Å². The molecule has 4 N–H and O–H groups in total. The first kappa shape index (κ1) is 12.2. The van der Waals surface area contributed by atoms with E-state index in [4.69, 9.17) is 5.73 Å². The number of hydrogen-bond acceptors (Lipinski definition) is 4. The summed E-state index contributed by atoms with van der Waals surface area (Å²) in [4.78, 5) is 20.8. The number of hydrogen-bond donors (Lipinski definition) is 3. The van der Waals surface area contributed by atoms with Gasteiger partial charge in [0.15, 0.2) is 5.13 Å². The van der Waals surface area contributed by atoms with Crippen molar-refractivity contribution in [3.05, 3.63) is 43.7 Å². The summed E-state index contributed by atoms with van der Waals surface area (Å²) in [6.45, 7) is 0. The van der Waals surface area contributed by atoms with Crippen molar-refractivity contribution < 1.29 is 0 Å². The van der Waals surface area contributed by atoms with Crippen LogP contribution in [0.15, 0.2) is 26.8 Å². The van der Waals surface area contributed by atoms with Gasteiger partial charge in [0, 0.05) is 9.85 Å². The number of halogens is 1. The maximum Gasteiger partial charge on any atom is 0.323 e. The molecule has 1 aromatic carbocycles. The zero-order valence-electron chi connectivity index (χ0n) is 9.61. The van der Waals surface area contributed by atoms with Gasteiger partial charge in [-0.2, -0.15) is 0 Å². The number of H-pyrrole nitrogens is 2. The van der Waals surface area contributed by atoms with Gasteiger partial charge in [0.2, 0.25) is 0 Å². The molecule has 0 saturated heterocycles. The highest BCUT2D eigenvalue weighted by Crippen LogP contribution is 2.24. The number of aromatic nitrogens is 3. The highest BCUT2D eigenvalue weighted by molar-refractivity contribution is 9.10. The van der Waals surface area contributed by atoms with E-state index >= 15 is 0 Å². The molecule has 0 bridgehead atoms. The Bertz CT molecular complexity index is 830. The van der Waals surface area contributed by atoms with Crippen LogP contribution in [-0.2, 0) is 0 Å². The van der Waals surface area contributed by atoms with Crippen LogP contribution in [0.1, 0.15) is 11.3 Å². The molecule has 0 aliphatic rings. The smallest absolute Gasteiger partial charge is 0.323 e. The second kappa shape index (κ2) is 4.67. The van der Waals surface area contributed by atoms with Gasteiger partial charge in [-0.3, -0.25) is 0 Å². The molecular weight excluding hydrogens is 328 g/mol. The van der Waals surface area contributed by atoms with Gasteiger partial charge in [0.1, 0.15) is 0 Å². The van der Waals surface area contributed by atoms with Crippen molar-refractivity contribution in [2.24, 2.45) is 0 Å². The van der Waals surface area contributed by atoms with E-state index in [-0.39, 0.29) is 5.69 Å². The van der Waals surface area contributed by atoms with Crippen LogP contribution in [0, 0.1) is 0 Å². The summed E-state index contributed by atoms with van der Waals surface area (Å²) in [5.41, 5.74) is 8.67. The zero-order valence-corrected chi connectivity index (χ0v) is 12.0. The molecule has 0 unspecified atom stereocenters. The Morgan fingerprint density at radius 3 is 2.68 bits per heavy atom. The number of anilines is 1. The molecule has 0 fully saturated rings. The third-order valence-electron chi connectivity index (χ3n) is 2.61. The van der Waals surface area contributed by atoms with Crippen molar-refractivity contribution >= 4 is 55.6 Å². The molecule has 0 spiro atoms. The van der Waals surface area contributed by atoms with Crippen molar-refractivity contribution in [3.63, 3.8) is 0 Å². The molecule has 96 valence electrons. The monoisotopic (exact) mass is 336 g/mol. The van der Waals surface area contributed by atoms with Crippen LogP contribution in [0.25, 0.3) is 23.2 Å². The van der Waals surface area contributed by atoms with Crippen molar-refractivity contribution in [2.75, 3.05) is 5.73 Å². The first-order valence-electron chi connectivity index (χ1n) is 5.42. The Balaban J connectivity index is 2.02. The topological polar surface area (TPSA) is 87.6 Å². The van der Waals surface area contributed by atoms with Crippen molar-refractivity contribution in [3.8, 4) is 0 Å². The number of nitrogen functional groups attached to an aromatic ring is 1. The highest BCUT2D eigenvalue weighted by atomic mass is 79.9. The molecule has 3 rings (SSSR count). The lowest BCUT2D eigenvalue weighted by Crippen LogP contribution is -1.99. The molecule has 0 aliphatic heterocycles. The molecule has 0 atom stereocenters. The molecule has 0 saturated carbocycles. The van der Waals surface area contributed by atoms with E-state index in [1.54, 1.807) is 0 Å². The largest absolute Gasteiger partial charge is 0.375 e. The predicted molar refractivity (Wildman–Crippen MR) is 82.1 cm³/mol. The minimum Gasteiger partial charge on any atom is -0.375 e. The van der Waals surface area contributed by atoms with E-state index < -0.39 is 0 Å². The Morgan fingerprint density at radius 2 is 2.00 bits per heavy atom. The highest BCUT2D eigenvalue weighted by Gasteiger charge is 2.03. The number of imidazole rings is 1. The molecule has 3 aromatic rings. The van der Waals surface area contributed by atoms with Gasteiger partial charge in [-0.15, -0.1) is 11.3 Å². The quantitative estimate of drug-likeness (QED) is 0.672. The second-order valence-electron chi connectivity index (χ2n) is 3.94. The molecule has 2 aromatic heterocycles. The molecule has 0 amide bonds. The van der Waals surface area contributed by atoms with Crippen LogP contribution >= 0.6 is 27.3 Å². The van der Waals surface area contributed by atoms with Crippen LogP contribution in [0.4, 0.5) is 5.13 Å². The number of aromatic amines is 2. The fourth-order valence-electron chi connectivity index (χ4n) is 1.75. The summed E-state index contributed by atoms with van der Waals surface area (Å²) in [5, 5.41) is 2.43. The van der Waals surface area contributed by atoms with Gasteiger partial charge in [0.25, 0.3) is 0 Å². The summed E-state index contributed by atoms with van der Waals surface area (Å²) in [6.07, 6.45) is 3.80. The van der Waals surface area contributed by atoms with Gasteiger partial charge in [0.05, 0.1) is 16.7 Å². The van der Waals surface area contributed by atoms with Crippen LogP contribution in [0.3, 0.4) is 0 Å². The van der Waals surface area contributed by atoms with Crippen LogP contribution in [-0.4, -0.2) is 15.0 Å². The molecule has 7 heteroatoms. The van der Waals surface area contributed by atoms with Crippen molar-refractivity contribution in [1.29, 1.82) is 0 Å². The van der Waals surface area contributed by atoms with Crippen molar-refractivity contribution in [2.45, 2.75) is 0 Å². The first-order chi connectivity index (χ1) is 9.11. The van der Waals surface area contributed by atoms with Gasteiger partial charge in [-0.25, -0.2) is 9.78 Å². The van der Waals surface area contributed by atoms with E-state index in [9.17, 15) is 4.79 Å². The van der Waals surface area contributed by atoms with E-state index in [1.165, 1.54) is 11.3 Å². The number of rotatable bonds is 2. The third-order valence-corrected chi connectivity index (χ3v) is 3.99. The fourth-order valence-corrected chi connectivity index (χ4v) is 2.76. The SMILES string of the molecule is Nc1nc(C=Cc2cc3[nH]c(=O)[nH]c3cc2Br)cs1. The number of nitrogens with one attached hydrogen (secondary N) is 2. The maximum atomic E-state index is 11.2. The predicted octanol–water partition coefficient (Wildman–Crippen LogP) is 2.83. The minimum absolute atomic E-state index is 0.213. The second-order valence-corrected chi connectivity index (χ2v) is 5.69. The lowest BCUT2D eigenvalue weighted by molar-refractivity contribution is 1.21. The van der Waals surface area contributed by atoms with Crippen LogP contribution < -0.4 is 11.4 Å². The van der Waals surface area contributed by atoms with E-state index in [0.717, 1.165) is 26.8 Å². The molecule has 5 nitrogen and oxygen atoms in total. The fraction of sp³-hybridized carbons (Fsp3) is 0. The van der Waals surface area contributed by atoms with Gasteiger partial charge in [-0.05, 0) is 23.8 Å². The Hall–Kier alpha value is -1.86. The maximum absolute atomic E-state index is 11.2. The molecule has 19 heavy (non-hydrogen) atoms. The Labute approximate surface area is 120 Å². The number of nitrogens with zero attached hydrogens (tertiary/aromatic N) is 1. The average Bonchev–Trinajstić information content (AvgIpc) is 2.91. The standard InChI is InChI=1S/C12H9BrN4OS/c13-8-4-10-9(16-12(18)17-10)3-6(8)1-2-7-5-19-11(14)15-7/h1-5H,(H2,14,15)(H2,16,17,18). The Kier molecular flexibility index (Phi) is 3.00. The molecule has 2 heterocycles. The molecule has 0 radical (unpaired) electrons. The molecular formula is C12H9BrN4OS. The van der Waals surface area contributed by atoms with Gasteiger partial charge < -0.3 is 15.7 Å². The first-order valence-corrected chi connectivity index (χ1v) is 7.10. The minimum atomic E-state index is -0.213. The van der Waals surface area contributed by atoms with Crippen LogP contribution in [0.2, 0.25) is 0 Å². The van der Waals surface area contributed by atoms with E-state index in [0.29, 0.717) is 5.13 Å². The molecule has 0 aliphatic carbocycles. The summed E-state index contributed by atoms with van der Waals surface area (Å²) in [7, 11) is 0. The van der Waals surface area contributed by atoms with Gasteiger partial charge >= 0.3 is 5.69 Å².